The number of ether oxygens (including phenoxy) is 1. The molecule has 5 heteroatoms. The predicted molar refractivity (Wildman–Crippen MR) is 79.7 cm³/mol. The third-order valence-corrected chi connectivity index (χ3v) is 3.83. The lowest BCUT2D eigenvalue weighted by molar-refractivity contribution is 0.0267. The second-order valence-electron chi connectivity index (χ2n) is 5.65. The summed E-state index contributed by atoms with van der Waals surface area (Å²) in [7, 11) is 0. The first-order chi connectivity index (χ1) is 10.1. The van der Waals surface area contributed by atoms with Crippen LogP contribution < -0.4 is 11.1 Å². The monoisotopic (exact) mass is 294 g/mol. The minimum atomic E-state index is -0.500. The van der Waals surface area contributed by atoms with Gasteiger partial charge in [-0.2, -0.15) is 0 Å². The fraction of sp³-hybridized carbons (Fsp3) is 0.562. The molecule has 0 aliphatic heterocycles. The van der Waals surface area contributed by atoms with Crippen LogP contribution in [0.4, 0.5) is 4.39 Å². The molecule has 4 nitrogen and oxygen atoms in total. The molecule has 1 amide bonds. The van der Waals surface area contributed by atoms with Gasteiger partial charge in [-0.1, -0.05) is 11.6 Å². The Hall–Kier alpha value is -1.46. The van der Waals surface area contributed by atoms with Crippen molar-refractivity contribution in [3.05, 3.63) is 35.1 Å². The minimum Gasteiger partial charge on any atom is -0.376 e. The van der Waals surface area contributed by atoms with Crippen molar-refractivity contribution in [3.63, 3.8) is 0 Å². The smallest absolute Gasteiger partial charge is 0.254 e. The average molecular weight is 294 g/mol. The predicted octanol–water partition coefficient (Wildman–Crippen LogP) is 2.15. The molecule has 0 radical (unpaired) electrons. The second-order valence-corrected chi connectivity index (χ2v) is 5.65. The number of amides is 1. The van der Waals surface area contributed by atoms with Crippen molar-refractivity contribution < 1.29 is 13.9 Å². The van der Waals surface area contributed by atoms with Gasteiger partial charge in [0.1, 0.15) is 5.82 Å². The van der Waals surface area contributed by atoms with Crippen molar-refractivity contribution in [1.29, 1.82) is 0 Å². The fourth-order valence-corrected chi connectivity index (χ4v) is 2.55. The van der Waals surface area contributed by atoms with Gasteiger partial charge in [0, 0.05) is 12.6 Å². The van der Waals surface area contributed by atoms with E-state index in [2.05, 4.69) is 5.32 Å². The van der Waals surface area contributed by atoms with Gasteiger partial charge in [-0.25, -0.2) is 4.39 Å². The fourth-order valence-electron chi connectivity index (χ4n) is 2.55. The van der Waals surface area contributed by atoms with E-state index in [-0.39, 0.29) is 11.7 Å². The van der Waals surface area contributed by atoms with Crippen molar-refractivity contribution in [1.82, 2.24) is 5.32 Å². The minimum absolute atomic E-state index is 0.0821. The summed E-state index contributed by atoms with van der Waals surface area (Å²) in [5.74, 6) is -0.897. The molecule has 1 aromatic rings. The molecule has 2 rings (SSSR count). The summed E-state index contributed by atoms with van der Waals surface area (Å²) in [6.07, 6.45) is 4.16. The molecule has 0 heterocycles. The third kappa shape index (κ3) is 4.79. The van der Waals surface area contributed by atoms with E-state index in [0.717, 1.165) is 31.2 Å². The number of rotatable bonds is 5. The standard InChI is InChI=1S/C16H23FN2O2/c1-11-2-7-15(17)14(10-11)16(20)19-8-9-21-13-5-3-12(18)4-6-13/h2,7,10,12-13H,3-6,8-9,18H2,1H3,(H,19,20). The lowest BCUT2D eigenvalue weighted by Gasteiger charge is -2.26. The van der Waals surface area contributed by atoms with Gasteiger partial charge in [0.15, 0.2) is 0 Å². The van der Waals surface area contributed by atoms with E-state index in [1.165, 1.54) is 6.07 Å². The van der Waals surface area contributed by atoms with E-state index in [4.69, 9.17) is 10.5 Å². The SMILES string of the molecule is Cc1ccc(F)c(C(=O)NCCOC2CCC(N)CC2)c1. The Balaban J connectivity index is 1.71. The molecular weight excluding hydrogens is 271 g/mol. The Morgan fingerprint density at radius 2 is 2.10 bits per heavy atom. The van der Waals surface area contributed by atoms with Crippen molar-refractivity contribution in [2.75, 3.05) is 13.2 Å². The number of nitrogens with one attached hydrogen (secondary N) is 1. The zero-order valence-electron chi connectivity index (χ0n) is 12.4. The summed E-state index contributed by atoms with van der Waals surface area (Å²) in [6.45, 7) is 2.65. The summed E-state index contributed by atoms with van der Waals surface area (Å²) in [5, 5.41) is 2.69. The Bertz CT molecular complexity index is 485. The van der Waals surface area contributed by atoms with Crippen molar-refractivity contribution in [3.8, 4) is 0 Å². The van der Waals surface area contributed by atoms with Gasteiger partial charge < -0.3 is 15.8 Å². The maximum absolute atomic E-state index is 13.6. The van der Waals surface area contributed by atoms with Crippen LogP contribution in [0.1, 0.15) is 41.6 Å². The van der Waals surface area contributed by atoms with Crippen LogP contribution in [0, 0.1) is 12.7 Å². The lowest BCUT2D eigenvalue weighted by Crippen LogP contribution is -2.33. The maximum Gasteiger partial charge on any atom is 0.254 e. The van der Waals surface area contributed by atoms with Gasteiger partial charge >= 0.3 is 0 Å². The van der Waals surface area contributed by atoms with Gasteiger partial charge in [0.05, 0.1) is 18.3 Å². The second kappa shape index (κ2) is 7.52. The van der Waals surface area contributed by atoms with Crippen LogP contribution in [0.3, 0.4) is 0 Å². The topological polar surface area (TPSA) is 64.3 Å². The van der Waals surface area contributed by atoms with E-state index in [1.807, 2.05) is 6.92 Å². The molecule has 1 aliphatic rings. The molecule has 3 N–H and O–H groups in total. The highest BCUT2D eigenvalue weighted by molar-refractivity contribution is 5.94. The molecular formula is C16H23FN2O2. The number of halogens is 1. The maximum atomic E-state index is 13.6. The molecule has 1 aromatic carbocycles. The van der Waals surface area contributed by atoms with Crippen LogP contribution in [0.15, 0.2) is 18.2 Å². The number of benzene rings is 1. The van der Waals surface area contributed by atoms with Crippen LogP contribution in [0.25, 0.3) is 0 Å². The summed E-state index contributed by atoms with van der Waals surface area (Å²) in [4.78, 5) is 11.9. The molecule has 0 atom stereocenters. The molecule has 1 saturated carbocycles. The van der Waals surface area contributed by atoms with Gasteiger partial charge in [0.2, 0.25) is 0 Å². The van der Waals surface area contributed by atoms with Crippen LogP contribution >= 0.6 is 0 Å². The Labute approximate surface area is 124 Å². The highest BCUT2D eigenvalue weighted by Crippen LogP contribution is 2.19. The van der Waals surface area contributed by atoms with Crippen molar-refractivity contribution >= 4 is 5.91 Å². The number of aryl methyl sites for hydroxylation is 1. The third-order valence-electron chi connectivity index (χ3n) is 3.83. The zero-order chi connectivity index (χ0) is 15.2. The molecule has 21 heavy (non-hydrogen) atoms. The first-order valence-electron chi connectivity index (χ1n) is 7.48. The quantitative estimate of drug-likeness (QED) is 0.818. The summed E-state index contributed by atoms with van der Waals surface area (Å²) in [6, 6.07) is 4.80. The average Bonchev–Trinajstić information content (AvgIpc) is 2.47. The van der Waals surface area contributed by atoms with E-state index in [1.54, 1.807) is 12.1 Å². The first-order valence-corrected chi connectivity index (χ1v) is 7.48. The van der Waals surface area contributed by atoms with Crippen LogP contribution in [-0.4, -0.2) is 31.2 Å². The number of hydrogen-bond acceptors (Lipinski definition) is 3. The first kappa shape index (κ1) is 15.9. The van der Waals surface area contributed by atoms with Gasteiger partial charge in [-0.15, -0.1) is 0 Å². The zero-order valence-corrected chi connectivity index (χ0v) is 12.4. The Morgan fingerprint density at radius 3 is 2.81 bits per heavy atom. The van der Waals surface area contributed by atoms with Crippen LogP contribution in [0.5, 0.6) is 0 Å². The lowest BCUT2D eigenvalue weighted by atomic mass is 9.94. The number of nitrogens with two attached hydrogens (primary N) is 1. The normalized spacial score (nSPS) is 22.0. The Kier molecular flexibility index (Phi) is 5.70. The highest BCUT2D eigenvalue weighted by atomic mass is 19.1. The molecule has 0 saturated heterocycles. The molecule has 0 spiro atoms. The summed E-state index contributed by atoms with van der Waals surface area (Å²) >= 11 is 0. The van der Waals surface area contributed by atoms with Crippen LogP contribution in [-0.2, 0) is 4.74 Å². The number of hydrogen-bond donors (Lipinski definition) is 2. The highest BCUT2D eigenvalue weighted by Gasteiger charge is 2.18. The summed E-state index contributed by atoms with van der Waals surface area (Å²) in [5.41, 5.74) is 6.77. The molecule has 1 aliphatic carbocycles. The molecule has 0 bridgehead atoms. The van der Waals surface area contributed by atoms with E-state index in [0.29, 0.717) is 19.2 Å². The molecule has 1 fully saturated rings. The van der Waals surface area contributed by atoms with E-state index >= 15 is 0 Å². The number of carbonyl (C=O) groups is 1. The summed E-state index contributed by atoms with van der Waals surface area (Å²) < 4.78 is 19.3. The molecule has 0 unspecified atom stereocenters. The van der Waals surface area contributed by atoms with E-state index in [9.17, 15) is 9.18 Å². The van der Waals surface area contributed by atoms with Gasteiger partial charge in [-0.3, -0.25) is 4.79 Å². The van der Waals surface area contributed by atoms with Crippen molar-refractivity contribution in [2.45, 2.75) is 44.8 Å². The van der Waals surface area contributed by atoms with Gasteiger partial charge in [-0.05, 0) is 44.7 Å². The van der Waals surface area contributed by atoms with E-state index < -0.39 is 11.7 Å². The molecule has 0 aromatic heterocycles. The van der Waals surface area contributed by atoms with Crippen LogP contribution in [0.2, 0.25) is 0 Å². The number of carbonyl (C=O) groups excluding carboxylic acids is 1. The molecule has 116 valence electrons. The Morgan fingerprint density at radius 1 is 1.38 bits per heavy atom. The largest absolute Gasteiger partial charge is 0.376 e. The van der Waals surface area contributed by atoms with Gasteiger partial charge in [0.25, 0.3) is 5.91 Å². The van der Waals surface area contributed by atoms with Crippen molar-refractivity contribution in [2.24, 2.45) is 5.73 Å².